The van der Waals surface area contributed by atoms with Crippen molar-refractivity contribution in [2.24, 2.45) is 0 Å². The zero-order valence-electron chi connectivity index (χ0n) is 12.0. The van der Waals surface area contributed by atoms with Crippen LogP contribution in [0.4, 0.5) is 5.82 Å². The van der Waals surface area contributed by atoms with Crippen molar-refractivity contribution in [1.29, 1.82) is 0 Å². The van der Waals surface area contributed by atoms with E-state index in [-0.39, 0.29) is 17.7 Å². The summed E-state index contributed by atoms with van der Waals surface area (Å²) in [5.74, 6) is 0.965. The van der Waals surface area contributed by atoms with Gasteiger partial charge in [0.25, 0.3) is 0 Å². The minimum absolute atomic E-state index is 0.0208. The Morgan fingerprint density at radius 3 is 2.55 bits per heavy atom. The second-order valence-corrected chi connectivity index (χ2v) is 5.19. The largest absolute Gasteiger partial charge is 0.482 e. The van der Waals surface area contributed by atoms with Crippen molar-refractivity contribution in [3.05, 3.63) is 52.7 Å². The number of hydrogen-bond acceptors (Lipinski definition) is 5. The van der Waals surface area contributed by atoms with Crippen LogP contribution in [0.2, 0.25) is 0 Å². The lowest BCUT2D eigenvalue weighted by Gasteiger charge is -2.13. The smallest absolute Gasteiger partial charge is 0.406 e. The predicted molar refractivity (Wildman–Crippen MR) is 80.3 cm³/mol. The minimum atomic E-state index is -0.531. The number of nitro groups is 1. The Morgan fingerprint density at radius 2 is 1.86 bits per heavy atom. The SMILES string of the molecule is O=[N+]([O-])c1ncc(Oc2ccccc2)cc1OC1CCCC1. The molecule has 0 spiro atoms. The molecule has 6 nitrogen and oxygen atoms in total. The van der Waals surface area contributed by atoms with Gasteiger partial charge >= 0.3 is 5.82 Å². The molecule has 22 heavy (non-hydrogen) atoms. The van der Waals surface area contributed by atoms with Gasteiger partial charge in [0.05, 0.1) is 6.10 Å². The standard InChI is InChI=1S/C16H16N2O4/c19-18(20)16-15(22-13-8-4-5-9-13)10-14(11-17-16)21-12-6-2-1-3-7-12/h1-3,6-7,10-11,13H,4-5,8-9H2. The minimum Gasteiger partial charge on any atom is -0.482 e. The molecular weight excluding hydrogens is 284 g/mol. The third-order valence-corrected chi connectivity index (χ3v) is 3.56. The molecule has 0 unspecified atom stereocenters. The fraction of sp³-hybridized carbons (Fsp3) is 0.312. The topological polar surface area (TPSA) is 74.5 Å². The molecule has 1 heterocycles. The van der Waals surface area contributed by atoms with Crippen molar-refractivity contribution in [3.8, 4) is 17.2 Å². The van der Waals surface area contributed by atoms with E-state index in [0.29, 0.717) is 11.5 Å². The Bertz CT molecular complexity index is 654. The van der Waals surface area contributed by atoms with Gasteiger partial charge in [-0.3, -0.25) is 0 Å². The Hall–Kier alpha value is -2.63. The monoisotopic (exact) mass is 300 g/mol. The van der Waals surface area contributed by atoms with Crippen LogP contribution in [0.5, 0.6) is 17.2 Å². The van der Waals surface area contributed by atoms with E-state index in [4.69, 9.17) is 9.47 Å². The van der Waals surface area contributed by atoms with Crippen LogP contribution in [0.1, 0.15) is 25.7 Å². The molecule has 3 rings (SSSR count). The van der Waals surface area contributed by atoms with Crippen LogP contribution >= 0.6 is 0 Å². The van der Waals surface area contributed by atoms with Crippen LogP contribution in [0.3, 0.4) is 0 Å². The molecule has 1 saturated carbocycles. The summed E-state index contributed by atoms with van der Waals surface area (Å²) in [7, 11) is 0. The summed E-state index contributed by atoms with van der Waals surface area (Å²) in [6, 6.07) is 10.7. The normalized spacial score (nSPS) is 14.7. The van der Waals surface area contributed by atoms with Gasteiger partial charge in [0.1, 0.15) is 5.75 Å². The van der Waals surface area contributed by atoms with Crippen molar-refractivity contribution in [2.45, 2.75) is 31.8 Å². The predicted octanol–water partition coefficient (Wildman–Crippen LogP) is 4.10. The molecule has 0 amide bonds. The van der Waals surface area contributed by atoms with Gasteiger partial charge in [-0.1, -0.05) is 18.2 Å². The highest BCUT2D eigenvalue weighted by atomic mass is 16.6. The van der Waals surface area contributed by atoms with Crippen LogP contribution < -0.4 is 9.47 Å². The summed E-state index contributed by atoms with van der Waals surface area (Å²) < 4.78 is 11.4. The molecule has 1 aromatic carbocycles. The molecule has 0 aliphatic heterocycles. The van der Waals surface area contributed by atoms with Crippen molar-refractivity contribution in [1.82, 2.24) is 4.98 Å². The van der Waals surface area contributed by atoms with Gasteiger partial charge in [-0.25, -0.2) is 0 Å². The first-order chi connectivity index (χ1) is 10.7. The molecule has 0 radical (unpaired) electrons. The van der Waals surface area contributed by atoms with E-state index in [9.17, 15) is 10.1 Å². The number of hydrogen-bond donors (Lipinski definition) is 0. The first kappa shape index (κ1) is 14.3. The van der Waals surface area contributed by atoms with E-state index < -0.39 is 4.92 Å². The summed E-state index contributed by atoms with van der Waals surface area (Å²) in [5, 5.41) is 11.1. The summed E-state index contributed by atoms with van der Waals surface area (Å²) in [4.78, 5) is 14.4. The first-order valence-corrected chi connectivity index (χ1v) is 7.26. The van der Waals surface area contributed by atoms with Crippen molar-refractivity contribution in [2.75, 3.05) is 0 Å². The highest BCUT2D eigenvalue weighted by Crippen LogP contribution is 2.33. The number of rotatable bonds is 5. The molecule has 0 bridgehead atoms. The number of pyridine rings is 1. The molecule has 1 aromatic heterocycles. The van der Waals surface area contributed by atoms with Crippen LogP contribution in [0.25, 0.3) is 0 Å². The molecule has 1 fully saturated rings. The lowest BCUT2D eigenvalue weighted by Crippen LogP contribution is -2.12. The second-order valence-electron chi connectivity index (χ2n) is 5.19. The van der Waals surface area contributed by atoms with E-state index in [1.165, 1.54) is 12.3 Å². The molecular formula is C16H16N2O4. The third-order valence-electron chi connectivity index (χ3n) is 3.56. The van der Waals surface area contributed by atoms with Crippen LogP contribution in [0.15, 0.2) is 42.6 Å². The Balaban J connectivity index is 1.84. The van der Waals surface area contributed by atoms with Crippen LogP contribution in [-0.4, -0.2) is 16.0 Å². The molecule has 0 atom stereocenters. The molecule has 114 valence electrons. The number of benzene rings is 1. The average molecular weight is 300 g/mol. The van der Waals surface area contributed by atoms with Crippen molar-refractivity contribution < 1.29 is 14.4 Å². The van der Waals surface area contributed by atoms with Gasteiger partial charge in [-0.15, -0.1) is 0 Å². The number of aromatic nitrogens is 1. The summed E-state index contributed by atoms with van der Waals surface area (Å²) in [6.07, 6.45) is 5.37. The third kappa shape index (κ3) is 3.33. The number of para-hydroxylation sites is 1. The highest BCUT2D eigenvalue weighted by Gasteiger charge is 2.24. The zero-order valence-corrected chi connectivity index (χ0v) is 12.0. The quantitative estimate of drug-likeness (QED) is 0.613. The molecule has 0 saturated heterocycles. The molecule has 1 aliphatic rings. The Kier molecular flexibility index (Phi) is 4.18. The van der Waals surface area contributed by atoms with Crippen molar-refractivity contribution in [3.63, 3.8) is 0 Å². The van der Waals surface area contributed by atoms with Crippen molar-refractivity contribution >= 4 is 5.82 Å². The number of nitrogens with zero attached hydrogens (tertiary/aromatic N) is 2. The van der Waals surface area contributed by atoms with Gasteiger partial charge in [0.2, 0.25) is 5.75 Å². The Labute approximate surface area is 127 Å². The van der Waals surface area contributed by atoms with Crippen LogP contribution in [0, 0.1) is 10.1 Å². The van der Waals surface area contributed by atoms with Crippen LogP contribution in [-0.2, 0) is 0 Å². The zero-order chi connectivity index (χ0) is 15.4. The first-order valence-electron chi connectivity index (χ1n) is 7.26. The lowest BCUT2D eigenvalue weighted by molar-refractivity contribution is -0.390. The summed E-state index contributed by atoms with van der Waals surface area (Å²) in [5.41, 5.74) is 0. The fourth-order valence-corrected chi connectivity index (χ4v) is 2.51. The fourth-order valence-electron chi connectivity index (χ4n) is 2.51. The lowest BCUT2D eigenvalue weighted by atomic mass is 10.3. The van der Waals surface area contributed by atoms with Gasteiger partial charge < -0.3 is 19.6 Å². The van der Waals surface area contributed by atoms with Gasteiger partial charge in [0.15, 0.2) is 11.9 Å². The maximum absolute atomic E-state index is 11.1. The highest BCUT2D eigenvalue weighted by molar-refractivity contribution is 5.45. The molecule has 2 aromatic rings. The van der Waals surface area contributed by atoms with E-state index in [0.717, 1.165) is 25.7 Å². The van der Waals surface area contributed by atoms with E-state index in [2.05, 4.69) is 4.98 Å². The summed E-state index contributed by atoms with van der Waals surface area (Å²) >= 11 is 0. The average Bonchev–Trinajstić information content (AvgIpc) is 3.01. The maximum atomic E-state index is 11.1. The molecule has 6 heteroatoms. The van der Waals surface area contributed by atoms with Gasteiger partial charge in [0, 0.05) is 6.07 Å². The molecule has 1 aliphatic carbocycles. The maximum Gasteiger partial charge on any atom is 0.406 e. The van der Waals surface area contributed by atoms with Gasteiger partial charge in [-0.2, -0.15) is 0 Å². The van der Waals surface area contributed by atoms with E-state index in [1.54, 1.807) is 12.1 Å². The Morgan fingerprint density at radius 1 is 1.14 bits per heavy atom. The van der Waals surface area contributed by atoms with E-state index >= 15 is 0 Å². The van der Waals surface area contributed by atoms with Gasteiger partial charge in [-0.05, 0) is 47.7 Å². The second kappa shape index (κ2) is 6.43. The summed E-state index contributed by atoms with van der Waals surface area (Å²) in [6.45, 7) is 0. The molecule has 0 N–H and O–H groups in total. The van der Waals surface area contributed by atoms with E-state index in [1.807, 2.05) is 18.2 Å². The number of ether oxygens (including phenoxy) is 2.